The zero-order chi connectivity index (χ0) is 12.6. The average molecular weight is 231 g/mol. The molecule has 96 valence electrons. The monoisotopic (exact) mass is 231 g/mol. The first kappa shape index (κ1) is 15.4. The van der Waals surface area contributed by atoms with Gasteiger partial charge in [0.15, 0.2) is 0 Å². The summed E-state index contributed by atoms with van der Waals surface area (Å²) in [6, 6.07) is 0.197. The topological polar surface area (TPSA) is 58.6 Å². The zero-order valence-corrected chi connectivity index (χ0v) is 10.9. The van der Waals surface area contributed by atoms with Crippen LogP contribution in [-0.2, 0) is 9.53 Å². The summed E-state index contributed by atoms with van der Waals surface area (Å²) in [4.78, 5) is 11.1. The molecule has 0 bridgehead atoms. The van der Waals surface area contributed by atoms with Gasteiger partial charge in [-0.2, -0.15) is 0 Å². The van der Waals surface area contributed by atoms with E-state index < -0.39 is 11.5 Å². The van der Waals surface area contributed by atoms with E-state index in [2.05, 4.69) is 12.2 Å². The zero-order valence-electron chi connectivity index (χ0n) is 10.9. The molecule has 16 heavy (non-hydrogen) atoms. The second-order valence-corrected chi connectivity index (χ2v) is 4.61. The fourth-order valence-electron chi connectivity index (χ4n) is 1.77. The van der Waals surface area contributed by atoms with E-state index in [9.17, 15) is 4.79 Å². The van der Waals surface area contributed by atoms with E-state index in [0.717, 1.165) is 12.8 Å². The van der Waals surface area contributed by atoms with Gasteiger partial charge in [-0.15, -0.1) is 0 Å². The maximum Gasteiger partial charge on any atom is 0.326 e. The highest BCUT2D eigenvalue weighted by Crippen LogP contribution is 2.10. The Morgan fingerprint density at radius 1 is 1.50 bits per heavy atom. The molecular formula is C12H25NO3. The second kappa shape index (κ2) is 7.63. The van der Waals surface area contributed by atoms with Crippen molar-refractivity contribution in [1.82, 2.24) is 5.32 Å². The van der Waals surface area contributed by atoms with Crippen molar-refractivity contribution in [2.75, 3.05) is 13.7 Å². The van der Waals surface area contributed by atoms with Gasteiger partial charge in [0, 0.05) is 13.2 Å². The number of rotatable bonds is 9. The van der Waals surface area contributed by atoms with E-state index in [4.69, 9.17) is 9.84 Å². The number of unbranched alkanes of at least 4 members (excludes halogenated alkanes) is 2. The van der Waals surface area contributed by atoms with Crippen molar-refractivity contribution < 1.29 is 14.6 Å². The summed E-state index contributed by atoms with van der Waals surface area (Å²) in [5, 5.41) is 12.3. The molecule has 0 fully saturated rings. The highest BCUT2D eigenvalue weighted by atomic mass is 16.5. The summed E-state index contributed by atoms with van der Waals surface area (Å²) < 4.78 is 4.95. The number of hydrogen-bond donors (Lipinski definition) is 2. The lowest BCUT2D eigenvalue weighted by Gasteiger charge is -2.29. The van der Waals surface area contributed by atoms with Crippen molar-refractivity contribution in [3.8, 4) is 0 Å². The van der Waals surface area contributed by atoms with Crippen LogP contribution < -0.4 is 5.32 Å². The first-order chi connectivity index (χ1) is 7.46. The van der Waals surface area contributed by atoms with Gasteiger partial charge >= 0.3 is 5.97 Å². The normalized spacial score (nSPS) is 16.8. The Hall–Kier alpha value is -0.610. The number of hydrogen-bond acceptors (Lipinski definition) is 3. The molecule has 2 atom stereocenters. The smallest absolute Gasteiger partial charge is 0.326 e. The third-order valence-electron chi connectivity index (χ3n) is 2.71. The second-order valence-electron chi connectivity index (χ2n) is 4.61. The van der Waals surface area contributed by atoms with E-state index in [0.29, 0.717) is 0 Å². The molecule has 0 rings (SSSR count). The van der Waals surface area contributed by atoms with Gasteiger partial charge in [0.05, 0.1) is 6.61 Å². The van der Waals surface area contributed by atoms with Gasteiger partial charge in [-0.3, -0.25) is 10.1 Å². The summed E-state index contributed by atoms with van der Waals surface area (Å²) in [5.74, 6) is -0.864. The number of carboxylic acids is 1. The van der Waals surface area contributed by atoms with Gasteiger partial charge in [-0.05, 0) is 20.3 Å². The molecule has 0 aromatic carbocycles. The third kappa shape index (κ3) is 5.47. The van der Waals surface area contributed by atoms with Gasteiger partial charge in [0.25, 0.3) is 0 Å². The number of carboxylic acid groups (broad SMARTS) is 1. The summed E-state index contributed by atoms with van der Waals surface area (Å²) in [6.45, 7) is 6.02. The molecular weight excluding hydrogens is 206 g/mol. The predicted octanol–water partition coefficient (Wildman–Crippen LogP) is 2.03. The summed E-state index contributed by atoms with van der Waals surface area (Å²) in [7, 11) is 1.52. The molecule has 0 aliphatic carbocycles. The van der Waals surface area contributed by atoms with Crippen LogP contribution in [0.4, 0.5) is 0 Å². The van der Waals surface area contributed by atoms with Crippen LogP contribution in [0, 0.1) is 0 Å². The molecule has 0 aromatic rings. The standard InChI is InChI=1S/C12H25NO3/c1-5-6-7-8-10(2)13-12(3,9-16-4)11(14)15/h10,13H,5-9H2,1-4H3,(H,14,15). The average Bonchev–Trinajstić information content (AvgIpc) is 2.18. The van der Waals surface area contributed by atoms with E-state index in [1.165, 1.54) is 20.0 Å². The fraction of sp³-hybridized carbons (Fsp3) is 0.917. The first-order valence-electron chi connectivity index (χ1n) is 5.96. The van der Waals surface area contributed by atoms with E-state index in [1.54, 1.807) is 6.92 Å². The number of nitrogens with one attached hydrogen (secondary N) is 1. The minimum absolute atomic E-state index is 0.181. The van der Waals surface area contributed by atoms with Crippen molar-refractivity contribution in [2.45, 2.75) is 58.0 Å². The van der Waals surface area contributed by atoms with E-state index >= 15 is 0 Å². The molecule has 0 aliphatic heterocycles. The van der Waals surface area contributed by atoms with Crippen LogP contribution in [0.3, 0.4) is 0 Å². The van der Waals surface area contributed by atoms with E-state index in [1.807, 2.05) is 6.92 Å². The summed E-state index contributed by atoms with van der Waals surface area (Å²) in [6.07, 6.45) is 4.51. The van der Waals surface area contributed by atoms with Crippen LogP contribution in [0.1, 0.15) is 46.5 Å². The lowest BCUT2D eigenvalue weighted by Crippen LogP contribution is -2.56. The first-order valence-corrected chi connectivity index (χ1v) is 5.96. The van der Waals surface area contributed by atoms with Gasteiger partial charge < -0.3 is 9.84 Å². The number of aliphatic carboxylic acids is 1. The minimum atomic E-state index is -0.986. The third-order valence-corrected chi connectivity index (χ3v) is 2.71. The number of methoxy groups -OCH3 is 1. The molecule has 4 nitrogen and oxygen atoms in total. The van der Waals surface area contributed by atoms with Gasteiger partial charge in [0.2, 0.25) is 0 Å². The molecule has 0 amide bonds. The molecule has 0 saturated carbocycles. The lowest BCUT2D eigenvalue weighted by molar-refractivity contribution is -0.146. The lowest BCUT2D eigenvalue weighted by atomic mass is 10.0. The number of carbonyl (C=O) groups is 1. The Balaban J connectivity index is 4.13. The fourth-order valence-corrected chi connectivity index (χ4v) is 1.77. The Bertz CT molecular complexity index is 208. The number of ether oxygens (including phenoxy) is 1. The quantitative estimate of drug-likeness (QED) is 0.596. The molecule has 0 aliphatic rings. The molecule has 0 aromatic heterocycles. The summed E-state index contributed by atoms with van der Waals surface area (Å²) in [5.41, 5.74) is -0.986. The Morgan fingerprint density at radius 2 is 2.12 bits per heavy atom. The molecule has 2 unspecified atom stereocenters. The van der Waals surface area contributed by atoms with Crippen molar-refractivity contribution in [1.29, 1.82) is 0 Å². The highest BCUT2D eigenvalue weighted by Gasteiger charge is 2.34. The Labute approximate surface area is 98.4 Å². The van der Waals surface area contributed by atoms with Gasteiger partial charge in [-0.25, -0.2) is 0 Å². The van der Waals surface area contributed by atoms with Crippen LogP contribution in [0.15, 0.2) is 0 Å². The van der Waals surface area contributed by atoms with E-state index in [-0.39, 0.29) is 12.6 Å². The minimum Gasteiger partial charge on any atom is -0.480 e. The van der Waals surface area contributed by atoms with Crippen molar-refractivity contribution in [3.05, 3.63) is 0 Å². The van der Waals surface area contributed by atoms with Crippen LogP contribution >= 0.6 is 0 Å². The van der Waals surface area contributed by atoms with Gasteiger partial charge in [-0.1, -0.05) is 26.2 Å². The van der Waals surface area contributed by atoms with Crippen molar-refractivity contribution in [2.24, 2.45) is 0 Å². The molecule has 2 N–H and O–H groups in total. The van der Waals surface area contributed by atoms with Gasteiger partial charge in [0.1, 0.15) is 5.54 Å². The highest BCUT2D eigenvalue weighted by molar-refractivity contribution is 5.78. The molecule has 0 radical (unpaired) electrons. The molecule has 4 heteroatoms. The SMILES string of the molecule is CCCCCC(C)NC(C)(COC)C(=O)O. The Morgan fingerprint density at radius 3 is 2.56 bits per heavy atom. The maximum absolute atomic E-state index is 11.1. The maximum atomic E-state index is 11.1. The van der Waals surface area contributed by atoms with Crippen LogP contribution in [0.2, 0.25) is 0 Å². The van der Waals surface area contributed by atoms with Crippen LogP contribution in [-0.4, -0.2) is 36.4 Å². The van der Waals surface area contributed by atoms with Crippen molar-refractivity contribution in [3.63, 3.8) is 0 Å². The largest absolute Gasteiger partial charge is 0.480 e. The van der Waals surface area contributed by atoms with Crippen LogP contribution in [0.5, 0.6) is 0 Å². The van der Waals surface area contributed by atoms with Crippen molar-refractivity contribution >= 4 is 5.97 Å². The molecule has 0 saturated heterocycles. The predicted molar refractivity (Wildman–Crippen MR) is 64.7 cm³/mol. The summed E-state index contributed by atoms with van der Waals surface area (Å²) >= 11 is 0. The van der Waals surface area contributed by atoms with Crippen LogP contribution in [0.25, 0.3) is 0 Å². The molecule has 0 heterocycles. The molecule has 0 spiro atoms. The Kier molecular flexibility index (Phi) is 7.34.